The highest BCUT2D eigenvalue weighted by molar-refractivity contribution is 7.19. The number of unbranched alkanes of at least 4 members (excludes halogenated alkanes) is 2. The molecule has 0 unspecified atom stereocenters. The largest absolute Gasteiger partial charge is 0.338 e. The molecule has 11 heteroatoms. The van der Waals surface area contributed by atoms with Crippen LogP contribution in [0.25, 0.3) is 10.1 Å². The number of hydrogen-bond donors (Lipinski definition) is 0. The summed E-state index contributed by atoms with van der Waals surface area (Å²) in [5.41, 5.74) is 0.159. The Morgan fingerprint density at radius 1 is 0.667 bits per heavy atom. The monoisotopic (exact) mass is 587 g/mol. The molecule has 10 nitrogen and oxygen atoms in total. The lowest BCUT2D eigenvalue weighted by Gasteiger charge is -2.34. The number of nitrogens with zero attached hydrogens (tertiary/aromatic N) is 9. The first-order chi connectivity index (χ1) is 20.7. The molecule has 0 spiro atoms. The van der Waals surface area contributed by atoms with Gasteiger partial charge in [-0.2, -0.15) is 0 Å². The topological polar surface area (TPSA) is 86.5 Å². The van der Waals surface area contributed by atoms with Gasteiger partial charge in [0.2, 0.25) is 11.9 Å². The Morgan fingerprint density at radius 2 is 1.19 bits per heavy atom. The van der Waals surface area contributed by atoms with Crippen molar-refractivity contribution in [3.63, 3.8) is 0 Å². The van der Waals surface area contributed by atoms with Crippen molar-refractivity contribution in [3.8, 4) is 0 Å². The lowest BCUT2D eigenvalue weighted by Crippen LogP contribution is -2.47. The van der Waals surface area contributed by atoms with Crippen LogP contribution in [0.15, 0.2) is 60.0 Å². The molecule has 222 valence electrons. The molecule has 0 bridgehead atoms. The van der Waals surface area contributed by atoms with Crippen molar-refractivity contribution in [1.82, 2.24) is 34.3 Å². The van der Waals surface area contributed by atoms with E-state index in [9.17, 15) is 4.79 Å². The summed E-state index contributed by atoms with van der Waals surface area (Å²) in [5, 5.41) is 0.885. The van der Waals surface area contributed by atoms with E-state index < -0.39 is 0 Å². The Labute approximate surface area is 251 Å². The average Bonchev–Trinajstić information content (AvgIpc) is 3.48. The van der Waals surface area contributed by atoms with Crippen molar-refractivity contribution in [3.05, 3.63) is 70.5 Å². The van der Waals surface area contributed by atoms with Gasteiger partial charge in [-0.1, -0.05) is 0 Å². The van der Waals surface area contributed by atoms with Crippen LogP contribution >= 0.6 is 11.3 Å². The second-order valence-electron chi connectivity index (χ2n) is 11.2. The van der Waals surface area contributed by atoms with E-state index >= 15 is 0 Å². The minimum atomic E-state index is 0.159. The van der Waals surface area contributed by atoms with Gasteiger partial charge in [-0.25, -0.2) is 19.9 Å². The minimum Gasteiger partial charge on any atom is -0.338 e. The fraction of sp³-hybridized carbons (Fsp3) is 0.516. The lowest BCUT2D eigenvalue weighted by atomic mass is 10.2. The maximum Gasteiger partial charge on any atom is 0.259 e. The minimum absolute atomic E-state index is 0.159. The molecule has 4 aromatic heterocycles. The molecular weight excluding hydrogens is 546 g/mol. The van der Waals surface area contributed by atoms with Crippen LogP contribution in [0, 0.1) is 0 Å². The molecule has 0 radical (unpaired) electrons. The molecule has 0 amide bonds. The van der Waals surface area contributed by atoms with Crippen molar-refractivity contribution >= 4 is 33.3 Å². The SMILES string of the molecule is O=c1c2cc(CCCCN3CCN(c4ncccn4)CC3)sc2ccn1CCCCN1CCN(c2ncccn2)CC1. The van der Waals surface area contributed by atoms with Gasteiger partial charge in [-0.05, 0) is 69.5 Å². The molecule has 4 aromatic rings. The zero-order chi connectivity index (χ0) is 28.6. The van der Waals surface area contributed by atoms with Crippen LogP contribution in [0.4, 0.5) is 11.9 Å². The van der Waals surface area contributed by atoms with Gasteiger partial charge in [0.25, 0.3) is 5.56 Å². The van der Waals surface area contributed by atoms with Crippen LogP contribution in [0.2, 0.25) is 0 Å². The second-order valence-corrected chi connectivity index (χ2v) is 12.4. The lowest BCUT2D eigenvalue weighted by molar-refractivity contribution is 0.250. The summed E-state index contributed by atoms with van der Waals surface area (Å²) in [4.78, 5) is 41.6. The van der Waals surface area contributed by atoms with E-state index in [4.69, 9.17) is 0 Å². The maximum absolute atomic E-state index is 13.2. The van der Waals surface area contributed by atoms with Gasteiger partial charge in [-0.3, -0.25) is 14.6 Å². The summed E-state index contributed by atoms with van der Waals surface area (Å²) in [6.45, 7) is 11.0. The Morgan fingerprint density at radius 3 is 1.76 bits per heavy atom. The summed E-state index contributed by atoms with van der Waals surface area (Å²) < 4.78 is 3.02. The van der Waals surface area contributed by atoms with Gasteiger partial charge in [0.1, 0.15) is 0 Å². The predicted octanol–water partition coefficient (Wildman–Crippen LogP) is 3.39. The summed E-state index contributed by atoms with van der Waals surface area (Å²) >= 11 is 1.78. The highest BCUT2D eigenvalue weighted by Crippen LogP contribution is 2.24. The van der Waals surface area contributed by atoms with Crippen LogP contribution in [0.3, 0.4) is 0 Å². The van der Waals surface area contributed by atoms with Gasteiger partial charge < -0.3 is 14.4 Å². The fourth-order valence-corrected chi connectivity index (χ4v) is 7.02. The number of hydrogen-bond acceptors (Lipinski definition) is 10. The van der Waals surface area contributed by atoms with Gasteiger partial charge in [-0.15, -0.1) is 11.3 Å². The Bertz CT molecular complexity index is 1450. The molecule has 0 aliphatic carbocycles. The molecule has 2 aliphatic heterocycles. The number of thiophene rings is 1. The van der Waals surface area contributed by atoms with Crippen LogP contribution in [0.5, 0.6) is 0 Å². The van der Waals surface area contributed by atoms with E-state index in [0.29, 0.717) is 0 Å². The number of pyridine rings is 1. The number of anilines is 2. The average molecular weight is 588 g/mol. The summed E-state index contributed by atoms with van der Waals surface area (Å²) in [5.74, 6) is 1.67. The first-order valence-corrected chi connectivity index (χ1v) is 16.1. The molecule has 0 saturated carbocycles. The maximum atomic E-state index is 13.2. The van der Waals surface area contributed by atoms with Crippen molar-refractivity contribution in [2.45, 2.75) is 38.6 Å². The van der Waals surface area contributed by atoms with Crippen LogP contribution in [-0.2, 0) is 13.0 Å². The summed E-state index contributed by atoms with van der Waals surface area (Å²) in [7, 11) is 0. The first kappa shape index (κ1) is 28.7. The van der Waals surface area contributed by atoms with Crippen molar-refractivity contribution < 1.29 is 0 Å². The van der Waals surface area contributed by atoms with E-state index in [1.54, 1.807) is 23.7 Å². The predicted molar refractivity (Wildman–Crippen MR) is 170 cm³/mol. The summed E-state index contributed by atoms with van der Waals surface area (Å²) in [6.07, 6.45) is 14.7. The number of rotatable bonds is 12. The molecule has 42 heavy (non-hydrogen) atoms. The molecular formula is C31H41N9OS. The molecule has 6 heterocycles. The molecule has 2 saturated heterocycles. The molecule has 6 rings (SSSR count). The van der Waals surface area contributed by atoms with E-state index in [2.05, 4.69) is 51.7 Å². The van der Waals surface area contributed by atoms with Crippen molar-refractivity contribution in [2.75, 3.05) is 75.2 Å². The van der Waals surface area contributed by atoms with Crippen molar-refractivity contribution in [1.29, 1.82) is 0 Å². The molecule has 0 aromatic carbocycles. The van der Waals surface area contributed by atoms with Gasteiger partial charge in [0, 0.05) is 99.5 Å². The quantitative estimate of drug-likeness (QED) is 0.232. The molecule has 0 N–H and O–H groups in total. The Kier molecular flexibility index (Phi) is 9.68. The zero-order valence-electron chi connectivity index (χ0n) is 24.4. The van der Waals surface area contributed by atoms with Gasteiger partial charge in [0.05, 0.1) is 5.39 Å². The smallest absolute Gasteiger partial charge is 0.259 e. The standard InChI is InChI=1S/C31H41N9OS/c41-29-27-25-26(7-1-2-13-36-17-21-39(22-18-36)30-32-9-5-10-33-30)42-28(27)8-16-38(29)15-4-3-14-37-19-23-40(24-20-37)31-34-11-6-12-35-31/h5-6,8-12,16,25H,1-4,7,13-15,17-24H2. The molecule has 0 atom stereocenters. The molecule has 2 fully saturated rings. The third kappa shape index (κ3) is 7.32. The van der Waals surface area contributed by atoms with Crippen LogP contribution in [0.1, 0.15) is 30.6 Å². The number of fused-ring (bicyclic) bond motifs is 1. The van der Waals surface area contributed by atoms with E-state index in [1.165, 1.54) is 11.3 Å². The Balaban J connectivity index is 0.894. The summed E-state index contributed by atoms with van der Waals surface area (Å²) in [6, 6.07) is 8.00. The number of aromatic nitrogens is 5. The van der Waals surface area contributed by atoms with Crippen molar-refractivity contribution in [2.24, 2.45) is 0 Å². The van der Waals surface area contributed by atoms with Gasteiger partial charge >= 0.3 is 0 Å². The fourth-order valence-electron chi connectivity index (χ4n) is 5.93. The third-order valence-corrected chi connectivity index (χ3v) is 9.55. The van der Waals surface area contributed by atoms with Gasteiger partial charge in [0.15, 0.2) is 0 Å². The highest BCUT2D eigenvalue weighted by Gasteiger charge is 2.19. The second kappa shape index (κ2) is 14.2. The third-order valence-electron chi connectivity index (χ3n) is 8.39. The van der Waals surface area contributed by atoms with Crippen LogP contribution in [-0.4, -0.2) is 99.8 Å². The highest BCUT2D eigenvalue weighted by atomic mass is 32.1. The Hall–Kier alpha value is -3.41. The van der Waals surface area contributed by atoms with E-state index in [1.807, 2.05) is 35.3 Å². The van der Waals surface area contributed by atoms with E-state index in [-0.39, 0.29) is 5.56 Å². The molecule has 2 aliphatic rings. The number of aryl methyl sites for hydroxylation is 2. The number of piperazine rings is 2. The van der Waals surface area contributed by atoms with E-state index in [0.717, 1.165) is 120 Å². The zero-order valence-corrected chi connectivity index (χ0v) is 25.2. The normalized spacial score (nSPS) is 16.9. The van der Waals surface area contributed by atoms with Crippen LogP contribution < -0.4 is 15.4 Å². The first-order valence-electron chi connectivity index (χ1n) is 15.3.